The molecule has 0 heterocycles. The molecule has 0 spiro atoms. The SMILES string of the molecule is CCCO[C@H]1CC[C@H](C2CCC(CCC)CC2)CC1. The molecule has 19 heavy (non-hydrogen) atoms. The van der Waals surface area contributed by atoms with E-state index in [1.165, 1.54) is 70.6 Å². The largest absolute Gasteiger partial charge is 0.378 e. The summed E-state index contributed by atoms with van der Waals surface area (Å²) in [5.74, 6) is 3.15. The fourth-order valence-electron chi connectivity index (χ4n) is 4.37. The molecule has 0 N–H and O–H groups in total. The van der Waals surface area contributed by atoms with E-state index in [1.807, 2.05) is 0 Å². The van der Waals surface area contributed by atoms with E-state index < -0.39 is 0 Å². The topological polar surface area (TPSA) is 9.23 Å². The first-order valence-corrected chi connectivity index (χ1v) is 8.95. The standard InChI is InChI=1S/C18H34O/c1-3-5-15-6-8-16(9-7-15)17-10-12-18(13-11-17)19-14-4-2/h15-18H,3-14H2,1-2H3/t15?,16?,17-,18-. The average molecular weight is 266 g/mol. The molecule has 0 unspecified atom stereocenters. The van der Waals surface area contributed by atoms with Crippen LogP contribution < -0.4 is 0 Å². The lowest BCUT2D eigenvalue weighted by molar-refractivity contribution is 0.00728. The van der Waals surface area contributed by atoms with Crippen LogP contribution in [0.5, 0.6) is 0 Å². The van der Waals surface area contributed by atoms with Crippen molar-refractivity contribution in [3.63, 3.8) is 0 Å². The molecule has 1 heteroatoms. The second-order valence-corrected chi connectivity index (χ2v) is 6.98. The van der Waals surface area contributed by atoms with Crippen LogP contribution in [0.3, 0.4) is 0 Å². The molecule has 2 saturated carbocycles. The monoisotopic (exact) mass is 266 g/mol. The lowest BCUT2D eigenvalue weighted by Gasteiger charge is -2.37. The molecule has 0 amide bonds. The minimum atomic E-state index is 0.590. The van der Waals surface area contributed by atoms with Crippen LogP contribution in [0.1, 0.15) is 84.5 Å². The summed E-state index contributed by atoms with van der Waals surface area (Å²) in [5, 5.41) is 0. The summed E-state index contributed by atoms with van der Waals surface area (Å²) in [4.78, 5) is 0. The number of hydrogen-bond donors (Lipinski definition) is 0. The Morgan fingerprint density at radius 1 is 0.737 bits per heavy atom. The molecule has 0 saturated heterocycles. The zero-order valence-electron chi connectivity index (χ0n) is 13.2. The van der Waals surface area contributed by atoms with Crippen molar-refractivity contribution < 1.29 is 4.74 Å². The van der Waals surface area contributed by atoms with Crippen LogP contribution in [-0.4, -0.2) is 12.7 Å². The molecule has 0 aromatic carbocycles. The second-order valence-electron chi connectivity index (χ2n) is 6.98. The van der Waals surface area contributed by atoms with Gasteiger partial charge in [-0.25, -0.2) is 0 Å². The van der Waals surface area contributed by atoms with Crippen LogP contribution in [0, 0.1) is 17.8 Å². The Hall–Kier alpha value is -0.0400. The zero-order valence-corrected chi connectivity index (χ0v) is 13.2. The molecule has 2 aliphatic rings. The summed E-state index contributed by atoms with van der Waals surface area (Å²) >= 11 is 0. The first-order chi connectivity index (χ1) is 9.33. The molecule has 0 bridgehead atoms. The Labute approximate surface area is 120 Å². The van der Waals surface area contributed by atoms with Gasteiger partial charge in [-0.3, -0.25) is 0 Å². The van der Waals surface area contributed by atoms with Crippen molar-refractivity contribution in [2.75, 3.05) is 6.61 Å². The normalized spacial score (nSPS) is 36.3. The lowest BCUT2D eigenvalue weighted by atomic mass is 9.70. The maximum Gasteiger partial charge on any atom is 0.0575 e. The molecular weight excluding hydrogens is 232 g/mol. The molecule has 112 valence electrons. The maximum atomic E-state index is 5.92. The van der Waals surface area contributed by atoms with Crippen molar-refractivity contribution >= 4 is 0 Å². The predicted octanol–water partition coefficient (Wildman–Crippen LogP) is 5.58. The van der Waals surface area contributed by atoms with E-state index in [-0.39, 0.29) is 0 Å². The summed E-state index contributed by atoms with van der Waals surface area (Å²) in [5.41, 5.74) is 0. The summed E-state index contributed by atoms with van der Waals surface area (Å²) in [6.45, 7) is 5.52. The van der Waals surface area contributed by atoms with Crippen molar-refractivity contribution in [1.82, 2.24) is 0 Å². The highest BCUT2D eigenvalue weighted by Gasteiger charge is 2.30. The predicted molar refractivity (Wildman–Crippen MR) is 82.3 cm³/mol. The Kier molecular flexibility index (Phi) is 6.70. The van der Waals surface area contributed by atoms with Gasteiger partial charge in [0.2, 0.25) is 0 Å². The van der Waals surface area contributed by atoms with Gasteiger partial charge in [-0.1, -0.05) is 39.5 Å². The van der Waals surface area contributed by atoms with E-state index in [9.17, 15) is 0 Å². The molecule has 2 fully saturated rings. The third kappa shape index (κ3) is 4.77. The van der Waals surface area contributed by atoms with E-state index in [0.29, 0.717) is 6.10 Å². The van der Waals surface area contributed by atoms with Crippen molar-refractivity contribution in [1.29, 1.82) is 0 Å². The van der Waals surface area contributed by atoms with E-state index in [2.05, 4.69) is 13.8 Å². The van der Waals surface area contributed by atoms with Crippen LogP contribution in [0.2, 0.25) is 0 Å². The molecule has 0 atom stereocenters. The fourth-order valence-corrected chi connectivity index (χ4v) is 4.37. The van der Waals surface area contributed by atoms with Gasteiger partial charge < -0.3 is 4.74 Å². The molecule has 0 aliphatic heterocycles. The Morgan fingerprint density at radius 2 is 1.32 bits per heavy atom. The number of hydrogen-bond acceptors (Lipinski definition) is 1. The third-order valence-corrected chi connectivity index (χ3v) is 5.53. The molecule has 0 radical (unpaired) electrons. The highest BCUT2D eigenvalue weighted by atomic mass is 16.5. The van der Waals surface area contributed by atoms with Crippen LogP contribution >= 0.6 is 0 Å². The molecule has 2 rings (SSSR count). The van der Waals surface area contributed by atoms with E-state index in [1.54, 1.807) is 0 Å². The van der Waals surface area contributed by atoms with Gasteiger partial charge in [-0.05, 0) is 62.7 Å². The number of ether oxygens (including phenoxy) is 1. The quantitative estimate of drug-likeness (QED) is 0.610. The smallest absolute Gasteiger partial charge is 0.0575 e. The molecule has 1 nitrogen and oxygen atoms in total. The van der Waals surface area contributed by atoms with Crippen molar-refractivity contribution in [3.8, 4) is 0 Å². The number of rotatable bonds is 6. The van der Waals surface area contributed by atoms with E-state index in [0.717, 1.165) is 24.4 Å². The van der Waals surface area contributed by atoms with Gasteiger partial charge in [0.25, 0.3) is 0 Å². The van der Waals surface area contributed by atoms with Crippen molar-refractivity contribution in [2.24, 2.45) is 17.8 Å². The van der Waals surface area contributed by atoms with Crippen LogP contribution in [0.15, 0.2) is 0 Å². The zero-order chi connectivity index (χ0) is 13.5. The summed E-state index contributed by atoms with van der Waals surface area (Å²) in [6, 6.07) is 0. The van der Waals surface area contributed by atoms with Gasteiger partial charge in [0, 0.05) is 6.61 Å². The summed E-state index contributed by atoms with van der Waals surface area (Å²) in [7, 11) is 0. The van der Waals surface area contributed by atoms with Gasteiger partial charge in [0.05, 0.1) is 6.10 Å². The van der Waals surface area contributed by atoms with Gasteiger partial charge >= 0.3 is 0 Å². The molecule has 0 aromatic heterocycles. The third-order valence-electron chi connectivity index (χ3n) is 5.53. The first-order valence-electron chi connectivity index (χ1n) is 8.95. The summed E-state index contributed by atoms with van der Waals surface area (Å²) in [6.07, 6.45) is 16.3. The first kappa shape index (κ1) is 15.4. The molecular formula is C18H34O. The Morgan fingerprint density at radius 3 is 1.84 bits per heavy atom. The van der Waals surface area contributed by atoms with Gasteiger partial charge in [-0.15, -0.1) is 0 Å². The Bertz CT molecular complexity index is 222. The van der Waals surface area contributed by atoms with Crippen LogP contribution in [0.4, 0.5) is 0 Å². The van der Waals surface area contributed by atoms with Crippen molar-refractivity contribution in [3.05, 3.63) is 0 Å². The van der Waals surface area contributed by atoms with E-state index >= 15 is 0 Å². The second kappa shape index (κ2) is 8.29. The van der Waals surface area contributed by atoms with E-state index in [4.69, 9.17) is 4.74 Å². The highest BCUT2D eigenvalue weighted by molar-refractivity contribution is 4.82. The highest BCUT2D eigenvalue weighted by Crippen LogP contribution is 2.41. The molecule has 2 aliphatic carbocycles. The Balaban J connectivity index is 1.65. The summed E-state index contributed by atoms with van der Waals surface area (Å²) < 4.78 is 5.92. The lowest BCUT2D eigenvalue weighted by Crippen LogP contribution is -2.28. The molecule has 0 aromatic rings. The van der Waals surface area contributed by atoms with Gasteiger partial charge in [0.15, 0.2) is 0 Å². The van der Waals surface area contributed by atoms with Gasteiger partial charge in [0.1, 0.15) is 0 Å². The van der Waals surface area contributed by atoms with Crippen LogP contribution in [-0.2, 0) is 4.74 Å². The van der Waals surface area contributed by atoms with Gasteiger partial charge in [-0.2, -0.15) is 0 Å². The van der Waals surface area contributed by atoms with Crippen molar-refractivity contribution in [2.45, 2.75) is 90.6 Å². The fraction of sp³-hybridized carbons (Fsp3) is 1.00. The maximum absolute atomic E-state index is 5.92. The minimum absolute atomic E-state index is 0.590. The average Bonchev–Trinajstić information content (AvgIpc) is 2.47. The van der Waals surface area contributed by atoms with Crippen LogP contribution in [0.25, 0.3) is 0 Å². The minimum Gasteiger partial charge on any atom is -0.378 e.